The highest BCUT2D eigenvalue weighted by Gasteiger charge is 2.10. The molecule has 13 heavy (non-hydrogen) atoms. The summed E-state index contributed by atoms with van der Waals surface area (Å²) in [5.41, 5.74) is 2.83. The van der Waals surface area contributed by atoms with E-state index in [1.807, 2.05) is 32.0 Å². The summed E-state index contributed by atoms with van der Waals surface area (Å²) < 4.78 is 4.82. The number of ketones is 1. The van der Waals surface area contributed by atoms with Crippen LogP contribution in [0.3, 0.4) is 0 Å². The number of methoxy groups -OCH3 is 1. The van der Waals surface area contributed by atoms with Gasteiger partial charge in [-0.15, -0.1) is 0 Å². The van der Waals surface area contributed by atoms with Crippen molar-refractivity contribution >= 4 is 5.78 Å². The average Bonchev–Trinajstić information content (AvgIpc) is 2.04. The lowest BCUT2D eigenvalue weighted by Crippen LogP contribution is -2.10. The Hall–Kier alpha value is -1.15. The number of rotatable bonds is 3. The molecule has 0 aromatic heterocycles. The van der Waals surface area contributed by atoms with E-state index >= 15 is 0 Å². The highest BCUT2D eigenvalue weighted by molar-refractivity contribution is 5.99. The predicted molar refractivity (Wildman–Crippen MR) is 52.1 cm³/mol. The molecule has 1 aromatic rings. The minimum Gasteiger partial charge on any atom is -0.377 e. The Balaban J connectivity index is 3.05. The van der Waals surface area contributed by atoms with E-state index < -0.39 is 0 Å². The van der Waals surface area contributed by atoms with Crippen LogP contribution in [0.2, 0.25) is 0 Å². The van der Waals surface area contributed by atoms with E-state index in [2.05, 4.69) is 0 Å². The molecule has 70 valence electrons. The molecule has 0 aliphatic rings. The van der Waals surface area contributed by atoms with Gasteiger partial charge in [-0.1, -0.05) is 18.2 Å². The first kappa shape index (κ1) is 9.93. The van der Waals surface area contributed by atoms with Gasteiger partial charge in [0.1, 0.15) is 6.61 Å². The van der Waals surface area contributed by atoms with Crippen LogP contribution in [-0.4, -0.2) is 19.5 Å². The molecule has 2 heteroatoms. The standard InChI is InChI=1S/C11H14O2/c1-8-5-4-6-9(2)11(8)10(12)7-13-3/h4-6H,7H2,1-3H3. The number of hydrogen-bond donors (Lipinski definition) is 0. The molecule has 1 aromatic carbocycles. The fraction of sp³-hybridized carbons (Fsp3) is 0.364. The Kier molecular flexibility index (Phi) is 3.20. The quantitative estimate of drug-likeness (QED) is 0.663. The number of Topliss-reactive ketones (excluding diaryl/α,β-unsaturated/α-hetero) is 1. The highest BCUT2D eigenvalue weighted by atomic mass is 16.5. The maximum Gasteiger partial charge on any atom is 0.188 e. The first-order chi connectivity index (χ1) is 6.16. The Morgan fingerprint density at radius 3 is 2.31 bits per heavy atom. The maximum atomic E-state index is 11.6. The molecule has 0 aliphatic carbocycles. The van der Waals surface area contributed by atoms with Crippen LogP contribution in [0.25, 0.3) is 0 Å². The van der Waals surface area contributed by atoms with Crippen LogP contribution in [0.5, 0.6) is 0 Å². The first-order valence-electron chi connectivity index (χ1n) is 4.25. The van der Waals surface area contributed by atoms with Crippen molar-refractivity contribution in [2.45, 2.75) is 13.8 Å². The molecule has 0 spiro atoms. The van der Waals surface area contributed by atoms with Crippen molar-refractivity contribution in [2.75, 3.05) is 13.7 Å². The number of ether oxygens (including phenoxy) is 1. The molecule has 2 nitrogen and oxygen atoms in total. The van der Waals surface area contributed by atoms with E-state index in [4.69, 9.17) is 4.74 Å². The Labute approximate surface area is 78.5 Å². The number of carbonyl (C=O) groups excluding carboxylic acids is 1. The third-order valence-corrected chi connectivity index (χ3v) is 2.04. The largest absolute Gasteiger partial charge is 0.377 e. The van der Waals surface area contributed by atoms with Crippen LogP contribution in [0.1, 0.15) is 21.5 Å². The van der Waals surface area contributed by atoms with Crippen molar-refractivity contribution in [1.82, 2.24) is 0 Å². The van der Waals surface area contributed by atoms with Crippen molar-refractivity contribution in [3.8, 4) is 0 Å². The Bertz CT molecular complexity index is 296. The Morgan fingerprint density at radius 1 is 1.31 bits per heavy atom. The average molecular weight is 178 g/mol. The van der Waals surface area contributed by atoms with Crippen molar-refractivity contribution in [3.05, 3.63) is 34.9 Å². The van der Waals surface area contributed by atoms with Gasteiger partial charge < -0.3 is 4.74 Å². The van der Waals surface area contributed by atoms with Crippen LogP contribution in [0.15, 0.2) is 18.2 Å². The minimum atomic E-state index is 0.0538. The molecule has 0 saturated carbocycles. The van der Waals surface area contributed by atoms with Crippen molar-refractivity contribution in [2.24, 2.45) is 0 Å². The van der Waals surface area contributed by atoms with E-state index in [0.717, 1.165) is 16.7 Å². The molecule has 0 heterocycles. The minimum absolute atomic E-state index is 0.0538. The van der Waals surface area contributed by atoms with Crippen LogP contribution in [0, 0.1) is 13.8 Å². The monoisotopic (exact) mass is 178 g/mol. The summed E-state index contributed by atoms with van der Waals surface area (Å²) in [6.45, 7) is 4.04. The Morgan fingerprint density at radius 2 is 1.85 bits per heavy atom. The number of carbonyl (C=O) groups is 1. The summed E-state index contributed by atoms with van der Waals surface area (Å²) in [7, 11) is 1.53. The predicted octanol–water partition coefficient (Wildman–Crippen LogP) is 2.13. The van der Waals surface area contributed by atoms with Gasteiger partial charge in [0.25, 0.3) is 0 Å². The van der Waals surface area contributed by atoms with E-state index in [0.29, 0.717) is 0 Å². The van der Waals surface area contributed by atoms with Crippen LogP contribution in [0.4, 0.5) is 0 Å². The zero-order valence-corrected chi connectivity index (χ0v) is 8.26. The summed E-state index contributed by atoms with van der Waals surface area (Å²) in [6.07, 6.45) is 0. The second kappa shape index (κ2) is 4.19. The lowest BCUT2D eigenvalue weighted by molar-refractivity contribution is 0.0847. The molecule has 0 amide bonds. The fourth-order valence-electron chi connectivity index (χ4n) is 1.46. The van der Waals surface area contributed by atoms with Gasteiger partial charge >= 0.3 is 0 Å². The summed E-state index contributed by atoms with van der Waals surface area (Å²) in [5.74, 6) is 0.0538. The molecule has 0 N–H and O–H groups in total. The summed E-state index contributed by atoms with van der Waals surface area (Å²) in [4.78, 5) is 11.6. The van der Waals surface area contributed by atoms with E-state index in [9.17, 15) is 4.79 Å². The van der Waals surface area contributed by atoms with E-state index in [1.165, 1.54) is 7.11 Å². The number of benzene rings is 1. The zero-order valence-electron chi connectivity index (χ0n) is 8.26. The SMILES string of the molecule is COCC(=O)c1c(C)cccc1C. The van der Waals surface area contributed by atoms with Gasteiger partial charge in [0.2, 0.25) is 0 Å². The zero-order chi connectivity index (χ0) is 9.84. The van der Waals surface area contributed by atoms with Gasteiger partial charge in [-0.05, 0) is 25.0 Å². The third kappa shape index (κ3) is 2.16. The molecule has 0 fully saturated rings. The second-order valence-corrected chi connectivity index (χ2v) is 3.12. The molecule has 0 bridgehead atoms. The number of hydrogen-bond acceptors (Lipinski definition) is 2. The normalized spacial score (nSPS) is 10.1. The lowest BCUT2D eigenvalue weighted by atomic mass is 10.00. The van der Waals surface area contributed by atoms with Crippen LogP contribution in [-0.2, 0) is 4.74 Å². The van der Waals surface area contributed by atoms with Gasteiger partial charge in [-0.3, -0.25) is 4.79 Å². The van der Waals surface area contributed by atoms with Crippen LogP contribution < -0.4 is 0 Å². The van der Waals surface area contributed by atoms with Gasteiger partial charge in [-0.2, -0.15) is 0 Å². The lowest BCUT2D eigenvalue weighted by Gasteiger charge is -2.07. The summed E-state index contributed by atoms with van der Waals surface area (Å²) >= 11 is 0. The molecule has 1 rings (SSSR count). The molecule has 0 unspecified atom stereocenters. The topological polar surface area (TPSA) is 26.3 Å². The molecule has 0 radical (unpaired) electrons. The van der Waals surface area contributed by atoms with Crippen LogP contribution >= 0.6 is 0 Å². The molecular weight excluding hydrogens is 164 g/mol. The summed E-state index contributed by atoms with van der Waals surface area (Å²) in [5, 5.41) is 0. The van der Waals surface area contributed by atoms with Gasteiger partial charge in [-0.25, -0.2) is 0 Å². The van der Waals surface area contributed by atoms with Crippen molar-refractivity contribution < 1.29 is 9.53 Å². The third-order valence-electron chi connectivity index (χ3n) is 2.04. The first-order valence-corrected chi connectivity index (χ1v) is 4.25. The van der Waals surface area contributed by atoms with Gasteiger partial charge in [0, 0.05) is 12.7 Å². The molecular formula is C11H14O2. The summed E-state index contributed by atoms with van der Waals surface area (Å²) in [6, 6.07) is 5.83. The molecule has 0 atom stereocenters. The molecule has 0 saturated heterocycles. The van der Waals surface area contributed by atoms with E-state index in [1.54, 1.807) is 0 Å². The number of aryl methyl sites for hydroxylation is 2. The maximum absolute atomic E-state index is 11.6. The highest BCUT2D eigenvalue weighted by Crippen LogP contribution is 2.13. The van der Waals surface area contributed by atoms with Gasteiger partial charge in [0.15, 0.2) is 5.78 Å². The second-order valence-electron chi connectivity index (χ2n) is 3.12. The smallest absolute Gasteiger partial charge is 0.188 e. The van der Waals surface area contributed by atoms with Crippen molar-refractivity contribution in [1.29, 1.82) is 0 Å². The fourth-order valence-corrected chi connectivity index (χ4v) is 1.46. The molecule has 0 aliphatic heterocycles. The van der Waals surface area contributed by atoms with Crippen molar-refractivity contribution in [3.63, 3.8) is 0 Å². The van der Waals surface area contributed by atoms with Gasteiger partial charge in [0.05, 0.1) is 0 Å². The van der Waals surface area contributed by atoms with E-state index in [-0.39, 0.29) is 12.4 Å².